The third-order valence-electron chi connectivity index (χ3n) is 3.45. The Balaban J connectivity index is 2.80. The molecule has 0 aliphatic rings. The molecule has 1 aromatic rings. The van der Waals surface area contributed by atoms with Crippen LogP contribution in [-0.4, -0.2) is 23.7 Å². The molecule has 3 nitrogen and oxygen atoms in total. The van der Waals surface area contributed by atoms with Crippen LogP contribution >= 0.6 is 0 Å². The number of carbonyl (C=O) groups is 1. The van der Waals surface area contributed by atoms with Gasteiger partial charge in [-0.2, -0.15) is 0 Å². The van der Waals surface area contributed by atoms with Gasteiger partial charge >= 0.3 is 0 Å². The number of aliphatic hydroxyl groups excluding tert-OH is 1. The third kappa shape index (κ3) is 4.30. The fraction of sp³-hybridized carbons (Fsp3) is 0.562. The van der Waals surface area contributed by atoms with Gasteiger partial charge in [0.15, 0.2) is 0 Å². The molecule has 20 heavy (non-hydrogen) atoms. The first-order valence-corrected chi connectivity index (χ1v) is 6.95. The number of halogens is 1. The molecule has 0 aliphatic heterocycles. The van der Waals surface area contributed by atoms with E-state index >= 15 is 0 Å². The van der Waals surface area contributed by atoms with Crippen LogP contribution in [0.1, 0.15) is 39.7 Å². The standard InChI is InChI=1S/C16H24FNO2/c1-11(2)9-14(10-19)18-15(20)16(3,4)12-5-7-13(17)8-6-12/h5-8,11,14,19H,9-10H2,1-4H3,(H,18,20). The third-order valence-corrected chi connectivity index (χ3v) is 3.45. The Morgan fingerprint density at radius 2 is 1.85 bits per heavy atom. The van der Waals surface area contributed by atoms with Crippen LogP contribution in [0.3, 0.4) is 0 Å². The molecule has 1 rings (SSSR count). The topological polar surface area (TPSA) is 49.3 Å². The molecule has 0 saturated carbocycles. The van der Waals surface area contributed by atoms with Crippen molar-refractivity contribution in [3.8, 4) is 0 Å². The largest absolute Gasteiger partial charge is 0.394 e. The molecule has 0 radical (unpaired) electrons. The Bertz CT molecular complexity index is 440. The fourth-order valence-electron chi connectivity index (χ4n) is 2.11. The Morgan fingerprint density at radius 3 is 2.30 bits per heavy atom. The smallest absolute Gasteiger partial charge is 0.230 e. The van der Waals surface area contributed by atoms with E-state index in [0.29, 0.717) is 5.92 Å². The average molecular weight is 281 g/mol. The summed E-state index contributed by atoms with van der Waals surface area (Å²) >= 11 is 0. The zero-order valence-corrected chi connectivity index (χ0v) is 12.6. The zero-order valence-electron chi connectivity index (χ0n) is 12.6. The highest BCUT2D eigenvalue weighted by atomic mass is 19.1. The van der Waals surface area contributed by atoms with Gasteiger partial charge < -0.3 is 10.4 Å². The van der Waals surface area contributed by atoms with E-state index in [4.69, 9.17) is 0 Å². The molecule has 0 heterocycles. The second-order valence-corrected chi connectivity index (χ2v) is 6.11. The summed E-state index contributed by atoms with van der Waals surface area (Å²) in [6.07, 6.45) is 0.724. The Hall–Kier alpha value is -1.42. The van der Waals surface area contributed by atoms with Crippen LogP contribution in [0.15, 0.2) is 24.3 Å². The van der Waals surface area contributed by atoms with E-state index in [9.17, 15) is 14.3 Å². The van der Waals surface area contributed by atoms with Gasteiger partial charge in [0.1, 0.15) is 5.82 Å². The van der Waals surface area contributed by atoms with Gasteiger partial charge in [-0.25, -0.2) is 4.39 Å². The summed E-state index contributed by atoms with van der Waals surface area (Å²) in [6, 6.07) is 5.68. The van der Waals surface area contributed by atoms with Gasteiger partial charge in [0.25, 0.3) is 0 Å². The summed E-state index contributed by atoms with van der Waals surface area (Å²) in [6.45, 7) is 7.59. The van der Waals surface area contributed by atoms with Crippen molar-refractivity contribution in [3.05, 3.63) is 35.6 Å². The van der Waals surface area contributed by atoms with Crippen LogP contribution in [0.25, 0.3) is 0 Å². The van der Waals surface area contributed by atoms with Crippen molar-refractivity contribution in [1.29, 1.82) is 0 Å². The van der Waals surface area contributed by atoms with Gasteiger partial charge in [-0.3, -0.25) is 4.79 Å². The monoisotopic (exact) mass is 281 g/mol. The molecule has 112 valence electrons. The lowest BCUT2D eigenvalue weighted by Crippen LogP contribution is -2.47. The van der Waals surface area contributed by atoms with Gasteiger partial charge in [0.05, 0.1) is 18.1 Å². The summed E-state index contributed by atoms with van der Waals surface area (Å²) in [5.41, 5.74) is -0.0180. The van der Waals surface area contributed by atoms with Crippen LogP contribution in [0.5, 0.6) is 0 Å². The molecule has 0 saturated heterocycles. The summed E-state index contributed by atoms with van der Waals surface area (Å²) in [4.78, 5) is 12.4. The Kier molecular flexibility index (Phi) is 5.69. The second kappa shape index (κ2) is 6.84. The average Bonchev–Trinajstić information content (AvgIpc) is 2.37. The van der Waals surface area contributed by atoms with E-state index in [0.717, 1.165) is 12.0 Å². The molecule has 0 aromatic heterocycles. The quantitative estimate of drug-likeness (QED) is 0.842. The van der Waals surface area contributed by atoms with Gasteiger partial charge in [0, 0.05) is 0 Å². The van der Waals surface area contributed by atoms with Crippen LogP contribution in [-0.2, 0) is 10.2 Å². The predicted octanol–water partition coefficient (Wildman–Crippen LogP) is 2.63. The van der Waals surface area contributed by atoms with Crippen molar-refractivity contribution in [3.63, 3.8) is 0 Å². The number of nitrogens with one attached hydrogen (secondary N) is 1. The predicted molar refractivity (Wildman–Crippen MR) is 77.9 cm³/mol. The lowest BCUT2D eigenvalue weighted by molar-refractivity contribution is -0.126. The van der Waals surface area contributed by atoms with Crippen molar-refractivity contribution in [1.82, 2.24) is 5.32 Å². The number of hydrogen-bond acceptors (Lipinski definition) is 2. The number of rotatable bonds is 6. The van der Waals surface area contributed by atoms with E-state index in [2.05, 4.69) is 5.32 Å². The van der Waals surface area contributed by atoms with E-state index < -0.39 is 5.41 Å². The zero-order chi connectivity index (χ0) is 15.3. The first-order chi connectivity index (χ1) is 9.27. The van der Waals surface area contributed by atoms with E-state index in [-0.39, 0.29) is 24.4 Å². The van der Waals surface area contributed by atoms with Crippen LogP contribution in [0.2, 0.25) is 0 Å². The number of amides is 1. The van der Waals surface area contributed by atoms with Crippen LogP contribution in [0, 0.1) is 11.7 Å². The maximum absolute atomic E-state index is 13.0. The molecule has 2 N–H and O–H groups in total. The fourth-order valence-corrected chi connectivity index (χ4v) is 2.11. The molecular formula is C16H24FNO2. The van der Waals surface area contributed by atoms with E-state index in [1.54, 1.807) is 26.0 Å². The normalized spacial score (nSPS) is 13.3. The highest BCUT2D eigenvalue weighted by molar-refractivity contribution is 5.87. The molecule has 0 fully saturated rings. The summed E-state index contributed by atoms with van der Waals surface area (Å²) in [7, 11) is 0. The lowest BCUT2D eigenvalue weighted by Gasteiger charge is -2.28. The van der Waals surface area contributed by atoms with Crippen molar-refractivity contribution in [2.75, 3.05) is 6.61 Å². The molecule has 1 unspecified atom stereocenters. The van der Waals surface area contributed by atoms with Crippen molar-refractivity contribution in [2.45, 2.75) is 45.6 Å². The highest BCUT2D eigenvalue weighted by Gasteiger charge is 2.31. The van der Waals surface area contributed by atoms with E-state index in [1.165, 1.54) is 12.1 Å². The SMILES string of the molecule is CC(C)CC(CO)NC(=O)C(C)(C)c1ccc(F)cc1. The van der Waals surface area contributed by atoms with E-state index in [1.807, 2.05) is 13.8 Å². The molecule has 1 aromatic carbocycles. The summed E-state index contributed by atoms with van der Waals surface area (Å²) in [5, 5.41) is 12.2. The lowest BCUT2D eigenvalue weighted by atomic mass is 9.83. The molecule has 1 atom stereocenters. The van der Waals surface area contributed by atoms with Crippen molar-refractivity contribution < 1.29 is 14.3 Å². The Labute approximate surface area is 120 Å². The maximum atomic E-state index is 13.0. The minimum absolute atomic E-state index is 0.0799. The van der Waals surface area contributed by atoms with Gasteiger partial charge in [-0.1, -0.05) is 26.0 Å². The summed E-state index contributed by atoms with van der Waals surface area (Å²) < 4.78 is 13.0. The van der Waals surface area contributed by atoms with Crippen molar-refractivity contribution in [2.24, 2.45) is 5.92 Å². The van der Waals surface area contributed by atoms with Crippen molar-refractivity contribution >= 4 is 5.91 Å². The number of carbonyl (C=O) groups excluding carboxylic acids is 1. The minimum atomic E-state index is -0.766. The Morgan fingerprint density at radius 1 is 1.30 bits per heavy atom. The molecule has 0 bridgehead atoms. The highest BCUT2D eigenvalue weighted by Crippen LogP contribution is 2.24. The molecule has 1 amide bonds. The summed E-state index contributed by atoms with van der Waals surface area (Å²) in [5.74, 6) is -0.0943. The number of hydrogen-bond donors (Lipinski definition) is 2. The first kappa shape index (κ1) is 16.6. The second-order valence-electron chi connectivity index (χ2n) is 6.11. The van der Waals surface area contributed by atoms with Crippen LogP contribution < -0.4 is 5.32 Å². The van der Waals surface area contributed by atoms with Gasteiger partial charge in [0.2, 0.25) is 5.91 Å². The van der Waals surface area contributed by atoms with Gasteiger partial charge in [-0.15, -0.1) is 0 Å². The molecule has 0 aliphatic carbocycles. The molecular weight excluding hydrogens is 257 g/mol. The maximum Gasteiger partial charge on any atom is 0.230 e. The molecule has 4 heteroatoms. The minimum Gasteiger partial charge on any atom is -0.394 e. The first-order valence-electron chi connectivity index (χ1n) is 6.95. The number of aliphatic hydroxyl groups is 1. The van der Waals surface area contributed by atoms with Crippen LogP contribution in [0.4, 0.5) is 4.39 Å². The van der Waals surface area contributed by atoms with Gasteiger partial charge in [-0.05, 0) is 43.9 Å². The molecule has 0 spiro atoms. The number of benzene rings is 1.